The summed E-state index contributed by atoms with van der Waals surface area (Å²) in [6.07, 6.45) is 0. The second-order valence-corrected chi connectivity index (χ2v) is 7.41. The third-order valence-corrected chi connectivity index (χ3v) is 5.61. The molecule has 0 aliphatic carbocycles. The van der Waals surface area contributed by atoms with Gasteiger partial charge in [0, 0.05) is 17.8 Å². The average molecular weight is 413 g/mol. The maximum absolute atomic E-state index is 12.6. The lowest BCUT2D eigenvalue weighted by Crippen LogP contribution is -2.34. The van der Waals surface area contributed by atoms with Crippen LogP contribution < -0.4 is 9.47 Å². The van der Waals surface area contributed by atoms with Gasteiger partial charge in [0.1, 0.15) is 4.88 Å². The van der Waals surface area contributed by atoms with Gasteiger partial charge in [-0.2, -0.15) is 0 Å². The lowest BCUT2D eigenvalue weighted by Gasteiger charge is -2.21. The van der Waals surface area contributed by atoms with E-state index in [1.165, 1.54) is 11.3 Å². The fourth-order valence-electron chi connectivity index (χ4n) is 2.95. The zero-order valence-electron chi connectivity index (χ0n) is 16.6. The summed E-state index contributed by atoms with van der Waals surface area (Å²) in [6.45, 7) is 2.46. The Balaban J connectivity index is 1.61. The van der Waals surface area contributed by atoms with Crippen molar-refractivity contribution >= 4 is 33.3 Å². The van der Waals surface area contributed by atoms with Crippen LogP contribution in [0.25, 0.3) is 10.1 Å². The van der Waals surface area contributed by atoms with Gasteiger partial charge in [0.15, 0.2) is 18.1 Å². The standard InChI is InChI=1S/C22H23NO5S/c1-4-23(13-15-9-10-17(26-2)18(11-15)27-3)21(24)14-28-22(25)20-12-16-7-5-6-8-19(16)29-20/h5-12H,4,13-14H2,1-3H3. The van der Waals surface area contributed by atoms with E-state index in [2.05, 4.69) is 0 Å². The van der Waals surface area contributed by atoms with E-state index in [1.807, 2.05) is 43.3 Å². The summed E-state index contributed by atoms with van der Waals surface area (Å²) in [5.41, 5.74) is 0.897. The summed E-state index contributed by atoms with van der Waals surface area (Å²) < 4.78 is 16.8. The van der Waals surface area contributed by atoms with Crippen LogP contribution in [0.2, 0.25) is 0 Å². The van der Waals surface area contributed by atoms with Gasteiger partial charge in [-0.3, -0.25) is 4.79 Å². The molecule has 0 fully saturated rings. The van der Waals surface area contributed by atoms with Gasteiger partial charge in [0.05, 0.1) is 14.2 Å². The molecule has 0 atom stereocenters. The van der Waals surface area contributed by atoms with E-state index in [0.717, 1.165) is 15.6 Å². The molecule has 1 aromatic heterocycles. The number of likely N-dealkylation sites (N-methyl/N-ethyl adjacent to an activating group) is 1. The Morgan fingerprint density at radius 2 is 1.76 bits per heavy atom. The lowest BCUT2D eigenvalue weighted by molar-refractivity contribution is -0.134. The molecule has 0 aliphatic heterocycles. The minimum atomic E-state index is -0.485. The molecular weight excluding hydrogens is 390 g/mol. The largest absolute Gasteiger partial charge is 0.493 e. The summed E-state index contributed by atoms with van der Waals surface area (Å²) in [5, 5.41) is 0.986. The van der Waals surface area contributed by atoms with Crippen LogP contribution in [0.3, 0.4) is 0 Å². The van der Waals surface area contributed by atoms with Crippen molar-refractivity contribution in [2.45, 2.75) is 13.5 Å². The third-order valence-electron chi connectivity index (χ3n) is 4.51. The van der Waals surface area contributed by atoms with Gasteiger partial charge in [-0.1, -0.05) is 24.3 Å². The maximum Gasteiger partial charge on any atom is 0.348 e. The first-order valence-corrected chi connectivity index (χ1v) is 10.0. The van der Waals surface area contributed by atoms with E-state index in [9.17, 15) is 9.59 Å². The zero-order valence-corrected chi connectivity index (χ0v) is 17.5. The number of carbonyl (C=O) groups is 2. The Labute approximate surface area is 173 Å². The van der Waals surface area contributed by atoms with Crippen LogP contribution in [-0.4, -0.2) is 44.1 Å². The van der Waals surface area contributed by atoms with E-state index in [4.69, 9.17) is 14.2 Å². The number of amides is 1. The molecule has 2 aromatic carbocycles. The van der Waals surface area contributed by atoms with Crippen molar-refractivity contribution in [1.82, 2.24) is 4.90 Å². The van der Waals surface area contributed by atoms with Crippen molar-refractivity contribution in [1.29, 1.82) is 0 Å². The number of methoxy groups -OCH3 is 2. The molecule has 1 amide bonds. The first-order valence-electron chi connectivity index (χ1n) is 9.20. The molecule has 1 heterocycles. The molecule has 0 saturated heterocycles. The molecule has 3 aromatic rings. The molecule has 6 nitrogen and oxygen atoms in total. The van der Waals surface area contributed by atoms with Gasteiger partial charge in [-0.15, -0.1) is 11.3 Å². The number of hydrogen-bond acceptors (Lipinski definition) is 6. The maximum atomic E-state index is 12.6. The molecule has 0 radical (unpaired) electrons. The van der Waals surface area contributed by atoms with Crippen LogP contribution in [0, 0.1) is 0 Å². The number of rotatable bonds is 8. The molecule has 0 aliphatic rings. The van der Waals surface area contributed by atoms with Crippen molar-refractivity contribution in [3.05, 3.63) is 59.0 Å². The summed E-state index contributed by atoms with van der Waals surface area (Å²) in [5.74, 6) is 0.492. The number of ether oxygens (including phenoxy) is 3. The second-order valence-electron chi connectivity index (χ2n) is 6.32. The fourth-order valence-corrected chi connectivity index (χ4v) is 3.90. The fraction of sp³-hybridized carbons (Fsp3) is 0.273. The van der Waals surface area contributed by atoms with Gasteiger partial charge < -0.3 is 19.1 Å². The van der Waals surface area contributed by atoms with Gasteiger partial charge in [0.25, 0.3) is 5.91 Å². The molecule has 152 valence electrons. The monoisotopic (exact) mass is 413 g/mol. The number of esters is 1. The Morgan fingerprint density at radius 1 is 1.00 bits per heavy atom. The van der Waals surface area contributed by atoms with E-state index in [1.54, 1.807) is 31.3 Å². The van der Waals surface area contributed by atoms with Crippen LogP contribution in [0.5, 0.6) is 11.5 Å². The quantitative estimate of drug-likeness (QED) is 0.520. The van der Waals surface area contributed by atoms with Crippen molar-refractivity contribution in [2.75, 3.05) is 27.4 Å². The highest BCUT2D eigenvalue weighted by molar-refractivity contribution is 7.20. The summed E-state index contributed by atoms with van der Waals surface area (Å²) in [7, 11) is 3.14. The van der Waals surface area contributed by atoms with Crippen molar-refractivity contribution < 1.29 is 23.8 Å². The Bertz CT molecular complexity index is 980. The Morgan fingerprint density at radius 3 is 2.45 bits per heavy atom. The van der Waals surface area contributed by atoms with Crippen molar-refractivity contribution in [2.24, 2.45) is 0 Å². The minimum Gasteiger partial charge on any atom is -0.493 e. The van der Waals surface area contributed by atoms with E-state index < -0.39 is 5.97 Å². The highest BCUT2D eigenvalue weighted by atomic mass is 32.1. The topological polar surface area (TPSA) is 65.1 Å². The number of thiophene rings is 1. The predicted molar refractivity (Wildman–Crippen MR) is 113 cm³/mol. The summed E-state index contributed by atoms with van der Waals surface area (Å²) >= 11 is 1.36. The molecule has 7 heteroatoms. The second kappa shape index (κ2) is 9.43. The van der Waals surface area contributed by atoms with Gasteiger partial charge in [-0.25, -0.2) is 4.79 Å². The first kappa shape index (κ1) is 20.7. The lowest BCUT2D eigenvalue weighted by atomic mass is 10.2. The molecule has 0 saturated carbocycles. The third kappa shape index (κ3) is 4.86. The number of nitrogens with zero attached hydrogens (tertiary/aromatic N) is 1. The SMILES string of the molecule is CCN(Cc1ccc(OC)c(OC)c1)C(=O)COC(=O)c1cc2ccccc2s1. The Kier molecular flexibility index (Phi) is 6.72. The number of carbonyl (C=O) groups excluding carboxylic acids is 2. The Hall–Kier alpha value is -3.06. The van der Waals surface area contributed by atoms with Crippen LogP contribution >= 0.6 is 11.3 Å². The average Bonchev–Trinajstić information content (AvgIpc) is 3.19. The molecular formula is C22H23NO5S. The minimum absolute atomic E-state index is 0.253. The normalized spacial score (nSPS) is 10.6. The zero-order chi connectivity index (χ0) is 20.8. The van der Waals surface area contributed by atoms with Crippen LogP contribution in [-0.2, 0) is 16.1 Å². The van der Waals surface area contributed by atoms with Crippen LogP contribution in [0.1, 0.15) is 22.2 Å². The molecule has 0 bridgehead atoms. The summed E-state index contributed by atoms with van der Waals surface area (Å²) in [4.78, 5) is 27.0. The van der Waals surface area contributed by atoms with E-state index in [0.29, 0.717) is 29.5 Å². The number of hydrogen-bond donors (Lipinski definition) is 0. The number of benzene rings is 2. The van der Waals surface area contributed by atoms with Gasteiger partial charge in [-0.05, 0) is 42.1 Å². The van der Waals surface area contributed by atoms with Gasteiger partial charge in [0.2, 0.25) is 0 Å². The van der Waals surface area contributed by atoms with Gasteiger partial charge >= 0.3 is 5.97 Å². The highest BCUT2D eigenvalue weighted by Crippen LogP contribution is 2.28. The predicted octanol–water partition coefficient (Wildman–Crippen LogP) is 4.12. The van der Waals surface area contributed by atoms with E-state index >= 15 is 0 Å². The molecule has 0 unspecified atom stereocenters. The number of fused-ring (bicyclic) bond motifs is 1. The van der Waals surface area contributed by atoms with Crippen LogP contribution in [0.15, 0.2) is 48.5 Å². The summed E-state index contributed by atoms with van der Waals surface area (Å²) in [6, 6.07) is 15.0. The van der Waals surface area contributed by atoms with Crippen molar-refractivity contribution in [3.8, 4) is 11.5 Å². The van der Waals surface area contributed by atoms with Crippen LogP contribution in [0.4, 0.5) is 0 Å². The van der Waals surface area contributed by atoms with E-state index in [-0.39, 0.29) is 12.5 Å². The molecule has 3 rings (SSSR count). The first-order chi connectivity index (χ1) is 14.0. The smallest absolute Gasteiger partial charge is 0.348 e. The highest BCUT2D eigenvalue weighted by Gasteiger charge is 2.18. The molecule has 0 spiro atoms. The van der Waals surface area contributed by atoms with Crippen molar-refractivity contribution in [3.63, 3.8) is 0 Å². The molecule has 29 heavy (non-hydrogen) atoms. The molecule has 0 N–H and O–H groups in total.